The average molecular weight is 358 g/mol. The van der Waals surface area contributed by atoms with Gasteiger partial charge in [-0.2, -0.15) is 0 Å². The maximum Gasteiger partial charge on any atom is 0.239 e. The lowest BCUT2D eigenvalue weighted by Crippen LogP contribution is -2.42. The molecule has 0 aliphatic heterocycles. The van der Waals surface area contributed by atoms with Gasteiger partial charge in [0.1, 0.15) is 9.84 Å². The van der Waals surface area contributed by atoms with E-state index in [-0.39, 0.29) is 42.9 Å². The third-order valence-electron chi connectivity index (χ3n) is 2.64. The fourth-order valence-electron chi connectivity index (χ4n) is 1.59. The van der Waals surface area contributed by atoms with E-state index in [1.165, 1.54) is 4.90 Å². The number of likely N-dealkylation sites (N-methyl/N-ethyl adjacent to an activating group) is 1. The molecule has 0 fully saturated rings. The highest BCUT2D eigenvalue weighted by molar-refractivity contribution is 7.90. The molecule has 0 saturated carbocycles. The number of nitrogens with two attached hydrogens (primary N) is 1. The van der Waals surface area contributed by atoms with Gasteiger partial charge in [0.25, 0.3) is 0 Å². The summed E-state index contributed by atoms with van der Waals surface area (Å²) in [5.74, 6) is -0.354. The SMILES string of the molecule is CN(Cc1cccnc1)C(=O)C(N)CCS(C)(=O)=O.Cl.Cl. The predicted molar refractivity (Wildman–Crippen MR) is 87.5 cm³/mol. The second kappa shape index (κ2) is 9.94. The quantitative estimate of drug-likeness (QED) is 0.806. The normalized spacial score (nSPS) is 11.8. The van der Waals surface area contributed by atoms with Crippen LogP contribution in [0.2, 0.25) is 0 Å². The third-order valence-corrected chi connectivity index (χ3v) is 3.61. The Morgan fingerprint density at radius 2 is 2.05 bits per heavy atom. The van der Waals surface area contributed by atoms with Crippen LogP contribution in [0.3, 0.4) is 0 Å². The fraction of sp³-hybridized carbons (Fsp3) is 0.500. The van der Waals surface area contributed by atoms with E-state index in [4.69, 9.17) is 5.73 Å². The number of halogens is 2. The van der Waals surface area contributed by atoms with Crippen LogP contribution in [0.5, 0.6) is 0 Å². The number of nitrogens with zero attached hydrogens (tertiary/aromatic N) is 2. The van der Waals surface area contributed by atoms with Gasteiger partial charge in [-0.05, 0) is 18.1 Å². The van der Waals surface area contributed by atoms with Crippen molar-refractivity contribution in [2.24, 2.45) is 5.73 Å². The molecular formula is C12H21Cl2N3O3S. The smallest absolute Gasteiger partial charge is 0.239 e. The Morgan fingerprint density at radius 1 is 1.43 bits per heavy atom. The molecular weight excluding hydrogens is 337 g/mol. The van der Waals surface area contributed by atoms with Crippen molar-refractivity contribution in [3.05, 3.63) is 30.1 Å². The number of carbonyl (C=O) groups excluding carboxylic acids is 1. The number of sulfone groups is 1. The highest BCUT2D eigenvalue weighted by Gasteiger charge is 2.19. The van der Waals surface area contributed by atoms with Crippen LogP contribution in [0.1, 0.15) is 12.0 Å². The van der Waals surface area contributed by atoms with Crippen LogP contribution < -0.4 is 5.73 Å². The van der Waals surface area contributed by atoms with Gasteiger partial charge in [0, 0.05) is 32.2 Å². The highest BCUT2D eigenvalue weighted by Crippen LogP contribution is 2.04. The molecule has 6 nitrogen and oxygen atoms in total. The summed E-state index contributed by atoms with van der Waals surface area (Å²) < 4.78 is 22.1. The van der Waals surface area contributed by atoms with Crippen molar-refractivity contribution in [1.29, 1.82) is 0 Å². The van der Waals surface area contributed by atoms with Gasteiger partial charge < -0.3 is 10.6 Å². The summed E-state index contributed by atoms with van der Waals surface area (Å²) in [5, 5.41) is 0. The zero-order valence-electron chi connectivity index (χ0n) is 11.9. The van der Waals surface area contributed by atoms with Gasteiger partial charge in [0.2, 0.25) is 5.91 Å². The van der Waals surface area contributed by atoms with Crippen LogP contribution >= 0.6 is 24.8 Å². The van der Waals surface area contributed by atoms with Crippen molar-refractivity contribution in [2.75, 3.05) is 19.1 Å². The Kier molecular flexibility index (Phi) is 10.6. The van der Waals surface area contributed by atoms with Gasteiger partial charge in [0.15, 0.2) is 0 Å². The Hall–Kier alpha value is -0.890. The molecule has 1 unspecified atom stereocenters. The van der Waals surface area contributed by atoms with Crippen LogP contribution in [0.4, 0.5) is 0 Å². The summed E-state index contributed by atoms with van der Waals surface area (Å²) in [6.45, 7) is 0.402. The van der Waals surface area contributed by atoms with E-state index >= 15 is 0 Å². The lowest BCUT2D eigenvalue weighted by atomic mass is 10.2. The van der Waals surface area contributed by atoms with Crippen LogP contribution in [-0.2, 0) is 21.2 Å². The summed E-state index contributed by atoms with van der Waals surface area (Å²) in [4.78, 5) is 17.4. The Labute approximate surface area is 137 Å². The minimum absolute atomic E-state index is 0. The van der Waals surface area contributed by atoms with E-state index in [2.05, 4.69) is 4.98 Å². The third kappa shape index (κ3) is 8.87. The molecule has 0 saturated heterocycles. The van der Waals surface area contributed by atoms with Gasteiger partial charge in [-0.3, -0.25) is 9.78 Å². The van der Waals surface area contributed by atoms with E-state index in [0.29, 0.717) is 6.54 Å². The molecule has 1 atom stereocenters. The van der Waals surface area contributed by atoms with E-state index in [9.17, 15) is 13.2 Å². The number of hydrogen-bond donors (Lipinski definition) is 1. The number of rotatable bonds is 6. The minimum Gasteiger partial charge on any atom is -0.340 e. The van der Waals surface area contributed by atoms with Crippen molar-refractivity contribution in [1.82, 2.24) is 9.88 Å². The largest absolute Gasteiger partial charge is 0.340 e. The van der Waals surface area contributed by atoms with Crippen LogP contribution in [-0.4, -0.2) is 49.3 Å². The Balaban J connectivity index is 0. The van der Waals surface area contributed by atoms with Crippen LogP contribution in [0.25, 0.3) is 0 Å². The van der Waals surface area contributed by atoms with Gasteiger partial charge in [-0.1, -0.05) is 6.07 Å². The lowest BCUT2D eigenvalue weighted by Gasteiger charge is -2.21. The molecule has 122 valence electrons. The van der Waals surface area contributed by atoms with Crippen LogP contribution in [0.15, 0.2) is 24.5 Å². The fourth-order valence-corrected chi connectivity index (χ4v) is 2.27. The monoisotopic (exact) mass is 357 g/mol. The van der Waals surface area contributed by atoms with Gasteiger partial charge in [0.05, 0.1) is 11.8 Å². The predicted octanol–water partition coefficient (Wildman–Crippen LogP) is 0.646. The van der Waals surface area contributed by atoms with E-state index in [0.717, 1.165) is 11.8 Å². The number of pyridine rings is 1. The van der Waals surface area contributed by atoms with E-state index in [1.54, 1.807) is 25.5 Å². The number of carbonyl (C=O) groups is 1. The molecule has 1 aromatic rings. The zero-order valence-corrected chi connectivity index (χ0v) is 14.4. The lowest BCUT2D eigenvalue weighted by molar-refractivity contribution is -0.131. The standard InChI is InChI=1S/C12H19N3O3S.2ClH/c1-15(9-10-4-3-6-14-8-10)12(16)11(13)5-7-19(2,17)18;;/h3-4,6,8,11H,5,7,9,13H2,1-2H3;2*1H. The van der Waals surface area contributed by atoms with Crippen molar-refractivity contribution in [3.63, 3.8) is 0 Å². The van der Waals surface area contributed by atoms with Gasteiger partial charge in [-0.25, -0.2) is 8.42 Å². The first-order valence-electron chi connectivity index (χ1n) is 5.87. The molecule has 1 rings (SSSR count). The molecule has 0 aromatic carbocycles. The zero-order chi connectivity index (χ0) is 14.5. The Bertz CT molecular complexity index is 526. The second-order valence-corrected chi connectivity index (χ2v) is 6.84. The summed E-state index contributed by atoms with van der Waals surface area (Å²) in [6.07, 6.45) is 4.59. The van der Waals surface area contributed by atoms with E-state index in [1.807, 2.05) is 6.07 Å². The Morgan fingerprint density at radius 3 is 2.52 bits per heavy atom. The van der Waals surface area contributed by atoms with Gasteiger partial charge in [-0.15, -0.1) is 24.8 Å². The second-order valence-electron chi connectivity index (χ2n) is 4.58. The summed E-state index contributed by atoms with van der Waals surface area (Å²) in [7, 11) is -1.46. The first kappa shape index (κ1) is 22.4. The molecule has 0 aliphatic carbocycles. The van der Waals surface area contributed by atoms with E-state index < -0.39 is 15.9 Å². The first-order valence-corrected chi connectivity index (χ1v) is 7.93. The van der Waals surface area contributed by atoms with Crippen molar-refractivity contribution in [3.8, 4) is 0 Å². The van der Waals surface area contributed by atoms with Gasteiger partial charge >= 0.3 is 0 Å². The van der Waals surface area contributed by atoms with Crippen molar-refractivity contribution in [2.45, 2.75) is 19.0 Å². The van der Waals surface area contributed by atoms with Crippen molar-refractivity contribution < 1.29 is 13.2 Å². The molecule has 21 heavy (non-hydrogen) atoms. The molecule has 0 bridgehead atoms. The average Bonchev–Trinajstić information content (AvgIpc) is 2.35. The summed E-state index contributed by atoms with van der Waals surface area (Å²) in [5.41, 5.74) is 6.60. The summed E-state index contributed by atoms with van der Waals surface area (Å²) >= 11 is 0. The maximum absolute atomic E-state index is 11.9. The van der Waals surface area contributed by atoms with Crippen molar-refractivity contribution >= 4 is 40.6 Å². The molecule has 0 radical (unpaired) electrons. The number of aromatic nitrogens is 1. The molecule has 1 aromatic heterocycles. The number of hydrogen-bond acceptors (Lipinski definition) is 5. The molecule has 1 amide bonds. The summed E-state index contributed by atoms with van der Waals surface area (Å²) in [6, 6.07) is 2.85. The molecule has 0 aliphatic rings. The molecule has 1 heterocycles. The van der Waals surface area contributed by atoms with Crippen LogP contribution in [0, 0.1) is 0 Å². The molecule has 0 spiro atoms. The molecule has 2 N–H and O–H groups in total. The first-order chi connectivity index (χ1) is 8.79. The molecule has 9 heteroatoms. The topological polar surface area (TPSA) is 93.4 Å². The maximum atomic E-state index is 11.9. The number of amides is 1. The highest BCUT2D eigenvalue weighted by atomic mass is 35.5. The minimum atomic E-state index is -3.10.